The first-order chi connectivity index (χ1) is 10.9. The van der Waals surface area contributed by atoms with E-state index in [2.05, 4.69) is 15.6 Å². The molecule has 6 nitrogen and oxygen atoms in total. The molecule has 0 radical (unpaired) electrons. The maximum Gasteiger partial charge on any atom is 0.272 e. The Hall–Kier alpha value is -2.09. The first-order valence-electron chi connectivity index (χ1n) is 7.56. The number of hydrogen-bond donors (Lipinski definition) is 2. The highest BCUT2D eigenvalue weighted by Gasteiger charge is 2.43. The molecule has 0 bridgehead atoms. The highest BCUT2D eigenvalue weighted by molar-refractivity contribution is 5.92. The molecule has 2 fully saturated rings. The molecule has 0 spiro atoms. The molecular weight excluding hydrogens is 306 g/mol. The lowest BCUT2D eigenvalue weighted by Crippen LogP contribution is -2.46. The summed E-state index contributed by atoms with van der Waals surface area (Å²) in [6.45, 7) is 0.402. The van der Waals surface area contributed by atoms with Gasteiger partial charge in [-0.3, -0.25) is 19.9 Å². The van der Waals surface area contributed by atoms with Crippen LogP contribution in [-0.2, 0) is 4.79 Å². The number of halogens is 2. The van der Waals surface area contributed by atoms with Crippen LogP contribution in [0.15, 0.2) is 24.4 Å². The van der Waals surface area contributed by atoms with E-state index in [9.17, 15) is 18.4 Å². The molecule has 23 heavy (non-hydrogen) atoms. The Kier molecular flexibility index (Phi) is 4.25. The molecule has 2 saturated heterocycles. The summed E-state index contributed by atoms with van der Waals surface area (Å²) in [4.78, 5) is 29.9. The normalized spacial score (nSPS) is 26.3. The average Bonchev–Trinajstić information content (AvgIpc) is 3.14. The third kappa shape index (κ3) is 3.64. The van der Waals surface area contributed by atoms with Gasteiger partial charge in [-0.25, -0.2) is 8.78 Å². The van der Waals surface area contributed by atoms with E-state index in [1.165, 1.54) is 0 Å². The van der Waals surface area contributed by atoms with Crippen LogP contribution in [0.4, 0.5) is 8.78 Å². The van der Waals surface area contributed by atoms with Crippen LogP contribution < -0.4 is 10.6 Å². The van der Waals surface area contributed by atoms with Gasteiger partial charge >= 0.3 is 0 Å². The van der Waals surface area contributed by atoms with Crippen LogP contribution in [0, 0.1) is 0 Å². The molecule has 2 aliphatic heterocycles. The lowest BCUT2D eigenvalue weighted by molar-refractivity contribution is -0.124. The van der Waals surface area contributed by atoms with Gasteiger partial charge in [0.25, 0.3) is 11.8 Å². The van der Waals surface area contributed by atoms with Crippen LogP contribution in [-0.4, -0.2) is 59.3 Å². The second-order valence-corrected chi connectivity index (χ2v) is 5.95. The molecule has 0 aliphatic carbocycles. The van der Waals surface area contributed by atoms with Crippen molar-refractivity contribution in [3.05, 3.63) is 30.1 Å². The topological polar surface area (TPSA) is 74.3 Å². The quantitative estimate of drug-likeness (QED) is 0.845. The lowest BCUT2D eigenvalue weighted by Gasteiger charge is -2.18. The predicted molar refractivity (Wildman–Crippen MR) is 78.0 cm³/mol. The molecule has 2 unspecified atom stereocenters. The van der Waals surface area contributed by atoms with E-state index in [1.54, 1.807) is 29.3 Å². The number of aromatic nitrogens is 1. The number of likely N-dealkylation sites (tertiary alicyclic amines) is 1. The summed E-state index contributed by atoms with van der Waals surface area (Å²) < 4.78 is 26.2. The molecule has 1 aromatic rings. The van der Waals surface area contributed by atoms with Crippen LogP contribution in [0.2, 0.25) is 0 Å². The van der Waals surface area contributed by atoms with Crippen molar-refractivity contribution in [2.75, 3.05) is 19.6 Å². The van der Waals surface area contributed by atoms with E-state index in [0.717, 1.165) is 0 Å². The molecule has 2 amide bonds. The molecule has 2 N–H and O–H groups in total. The minimum atomic E-state index is -2.83. The van der Waals surface area contributed by atoms with E-state index >= 15 is 0 Å². The molecule has 8 heteroatoms. The standard InChI is InChI=1S/C15H18F2N4O2/c16-15(17)7-12(19-9-15)13(22)20-10-4-6-21(8-10)14(23)11-3-1-2-5-18-11/h1-3,5,10,12,19H,4,6-9H2,(H,20,22). The Labute approximate surface area is 132 Å². The maximum atomic E-state index is 13.1. The summed E-state index contributed by atoms with van der Waals surface area (Å²) >= 11 is 0. The molecule has 3 heterocycles. The monoisotopic (exact) mass is 324 g/mol. The number of amides is 2. The molecule has 124 valence electrons. The summed E-state index contributed by atoms with van der Waals surface area (Å²) in [5.41, 5.74) is 0.358. The van der Waals surface area contributed by atoms with E-state index in [4.69, 9.17) is 0 Å². The molecule has 2 atom stereocenters. The summed E-state index contributed by atoms with van der Waals surface area (Å²) in [5.74, 6) is -3.45. The van der Waals surface area contributed by atoms with Crippen molar-refractivity contribution >= 4 is 11.8 Å². The third-order valence-corrected chi connectivity index (χ3v) is 4.13. The van der Waals surface area contributed by atoms with Gasteiger partial charge in [-0.2, -0.15) is 0 Å². The fourth-order valence-corrected chi connectivity index (χ4v) is 2.92. The Balaban J connectivity index is 1.52. The summed E-state index contributed by atoms with van der Waals surface area (Å²) in [6, 6.07) is 4.02. The zero-order chi connectivity index (χ0) is 16.4. The van der Waals surface area contributed by atoms with Crippen LogP contribution in [0.1, 0.15) is 23.3 Å². The molecule has 0 aromatic carbocycles. The van der Waals surface area contributed by atoms with Gasteiger partial charge in [0.05, 0.1) is 12.6 Å². The first kappa shape index (κ1) is 15.8. The number of hydrogen-bond acceptors (Lipinski definition) is 4. The number of pyridine rings is 1. The predicted octanol–water partition coefficient (Wildman–Crippen LogP) is 0.409. The smallest absolute Gasteiger partial charge is 0.272 e. The van der Waals surface area contributed by atoms with Gasteiger partial charge in [-0.05, 0) is 18.6 Å². The number of nitrogens with one attached hydrogen (secondary N) is 2. The minimum Gasteiger partial charge on any atom is -0.350 e. The number of nitrogens with zero attached hydrogens (tertiary/aromatic N) is 2. The van der Waals surface area contributed by atoms with E-state index in [1.807, 2.05) is 0 Å². The summed E-state index contributed by atoms with van der Waals surface area (Å²) in [6.07, 6.45) is 1.67. The van der Waals surface area contributed by atoms with Crippen LogP contribution in [0.5, 0.6) is 0 Å². The molecule has 2 aliphatic rings. The lowest BCUT2D eigenvalue weighted by atomic mass is 10.1. The third-order valence-electron chi connectivity index (χ3n) is 4.13. The molecule has 1 aromatic heterocycles. The van der Waals surface area contributed by atoms with Gasteiger partial charge in [0, 0.05) is 31.7 Å². The highest BCUT2D eigenvalue weighted by Crippen LogP contribution is 2.25. The molecule has 3 rings (SSSR count). The Bertz CT molecular complexity index is 596. The first-order valence-corrected chi connectivity index (χ1v) is 7.56. The van der Waals surface area contributed by atoms with Crippen molar-refractivity contribution in [1.82, 2.24) is 20.5 Å². The van der Waals surface area contributed by atoms with Gasteiger partial charge in [0.2, 0.25) is 5.91 Å². The fourth-order valence-electron chi connectivity index (χ4n) is 2.92. The van der Waals surface area contributed by atoms with Gasteiger partial charge in [0.15, 0.2) is 0 Å². The second kappa shape index (κ2) is 6.19. The molecule has 0 saturated carbocycles. The van der Waals surface area contributed by atoms with Gasteiger partial charge in [0.1, 0.15) is 5.69 Å². The Morgan fingerprint density at radius 3 is 2.87 bits per heavy atom. The number of alkyl halides is 2. The van der Waals surface area contributed by atoms with Crippen molar-refractivity contribution in [2.45, 2.75) is 30.8 Å². The van der Waals surface area contributed by atoms with Crippen LogP contribution in [0.3, 0.4) is 0 Å². The van der Waals surface area contributed by atoms with Crippen molar-refractivity contribution in [3.63, 3.8) is 0 Å². The largest absolute Gasteiger partial charge is 0.350 e. The average molecular weight is 324 g/mol. The van der Waals surface area contributed by atoms with E-state index < -0.39 is 30.8 Å². The van der Waals surface area contributed by atoms with E-state index in [-0.39, 0.29) is 11.9 Å². The zero-order valence-corrected chi connectivity index (χ0v) is 12.5. The van der Waals surface area contributed by atoms with E-state index in [0.29, 0.717) is 25.2 Å². The van der Waals surface area contributed by atoms with Crippen molar-refractivity contribution in [1.29, 1.82) is 0 Å². The summed E-state index contributed by atoms with van der Waals surface area (Å²) in [7, 11) is 0. The van der Waals surface area contributed by atoms with Crippen LogP contribution >= 0.6 is 0 Å². The zero-order valence-electron chi connectivity index (χ0n) is 12.5. The fraction of sp³-hybridized carbons (Fsp3) is 0.533. The van der Waals surface area contributed by atoms with Gasteiger partial charge < -0.3 is 10.2 Å². The molecular formula is C15H18F2N4O2. The number of carbonyl (C=O) groups excluding carboxylic acids is 2. The second-order valence-electron chi connectivity index (χ2n) is 5.95. The van der Waals surface area contributed by atoms with Gasteiger partial charge in [-0.1, -0.05) is 6.07 Å². The Morgan fingerprint density at radius 2 is 2.22 bits per heavy atom. The maximum absolute atomic E-state index is 13.1. The van der Waals surface area contributed by atoms with Gasteiger partial charge in [-0.15, -0.1) is 0 Å². The van der Waals surface area contributed by atoms with Crippen molar-refractivity contribution in [3.8, 4) is 0 Å². The summed E-state index contributed by atoms with van der Waals surface area (Å²) in [5, 5.41) is 5.27. The van der Waals surface area contributed by atoms with Crippen molar-refractivity contribution in [2.24, 2.45) is 0 Å². The van der Waals surface area contributed by atoms with Crippen molar-refractivity contribution < 1.29 is 18.4 Å². The minimum absolute atomic E-state index is 0.187. The number of rotatable bonds is 3. The SMILES string of the molecule is O=C(NC1CCN(C(=O)c2ccccn2)C1)C1CC(F)(F)CN1. The van der Waals surface area contributed by atoms with Crippen LogP contribution in [0.25, 0.3) is 0 Å². The highest BCUT2D eigenvalue weighted by atomic mass is 19.3. The Morgan fingerprint density at radius 1 is 1.39 bits per heavy atom. The number of carbonyl (C=O) groups is 2.